The summed E-state index contributed by atoms with van der Waals surface area (Å²) in [6, 6.07) is 0. The Labute approximate surface area is 114 Å². The molecule has 0 aromatic rings. The summed E-state index contributed by atoms with van der Waals surface area (Å²) < 4.78 is 91.4. The summed E-state index contributed by atoms with van der Waals surface area (Å²) in [4.78, 5) is 0. The van der Waals surface area contributed by atoms with E-state index in [2.05, 4.69) is 6.58 Å². The molecule has 0 aromatic carbocycles. The van der Waals surface area contributed by atoms with Crippen LogP contribution in [0.2, 0.25) is 0 Å². The van der Waals surface area contributed by atoms with E-state index in [4.69, 9.17) is 10.3 Å². The average Bonchev–Trinajstić information content (AvgIpc) is 2.34. The van der Waals surface area contributed by atoms with Gasteiger partial charge in [0.15, 0.2) is 6.17 Å². The van der Waals surface area contributed by atoms with Gasteiger partial charge in [-0.2, -0.15) is 26.0 Å². The molecule has 0 aliphatic heterocycles. The zero-order chi connectivity index (χ0) is 16.6. The van der Waals surface area contributed by atoms with Gasteiger partial charge in [-0.25, -0.2) is 4.39 Å². The highest BCUT2D eigenvalue weighted by molar-refractivity contribution is 7.87. The van der Waals surface area contributed by atoms with Crippen molar-refractivity contribution in [3.05, 3.63) is 12.7 Å². The summed E-state index contributed by atoms with van der Waals surface area (Å²) in [5.41, 5.74) is 4.91. The highest BCUT2D eigenvalue weighted by atomic mass is 32.2. The standard InChI is InChI=1S/C7H11F5O3S.C3H7N/c1-2-3-4-5(8)6(9,10)7(11,12)16(13,14)15;1-2-3-4/h5H,2-4H2,1H3,(H,13,14,15);2H,1,3-4H2. The quantitative estimate of drug-likeness (QED) is 0.428. The molecule has 4 nitrogen and oxygen atoms in total. The van der Waals surface area contributed by atoms with Crippen LogP contribution in [0, 0.1) is 0 Å². The molecule has 1 atom stereocenters. The van der Waals surface area contributed by atoms with Crippen molar-refractivity contribution in [3.8, 4) is 0 Å². The van der Waals surface area contributed by atoms with E-state index >= 15 is 0 Å². The minimum atomic E-state index is -6.35. The van der Waals surface area contributed by atoms with Crippen LogP contribution in [0.3, 0.4) is 0 Å². The summed E-state index contributed by atoms with van der Waals surface area (Å²) in [7, 11) is -6.35. The molecule has 0 saturated carbocycles. The molecule has 0 spiro atoms. The zero-order valence-electron chi connectivity index (χ0n) is 10.8. The van der Waals surface area contributed by atoms with Crippen LogP contribution in [-0.4, -0.2) is 36.9 Å². The molecule has 0 aliphatic rings. The predicted octanol–water partition coefficient (Wildman–Crippen LogP) is 2.76. The smallest absolute Gasteiger partial charge is 0.327 e. The molecule has 0 radical (unpaired) electrons. The second-order valence-corrected chi connectivity index (χ2v) is 5.21. The number of hydrogen-bond donors (Lipinski definition) is 2. The van der Waals surface area contributed by atoms with Crippen molar-refractivity contribution in [2.24, 2.45) is 5.73 Å². The van der Waals surface area contributed by atoms with Crippen LogP contribution in [0.5, 0.6) is 0 Å². The van der Waals surface area contributed by atoms with E-state index in [1.807, 2.05) is 0 Å². The van der Waals surface area contributed by atoms with Crippen molar-refractivity contribution in [3.63, 3.8) is 0 Å². The first-order valence-electron chi connectivity index (χ1n) is 5.57. The van der Waals surface area contributed by atoms with Crippen LogP contribution in [0.25, 0.3) is 0 Å². The maximum Gasteiger partial charge on any atom is 0.434 e. The topological polar surface area (TPSA) is 80.4 Å². The largest absolute Gasteiger partial charge is 0.434 e. The molecule has 0 aromatic heterocycles. The first-order valence-corrected chi connectivity index (χ1v) is 7.01. The Morgan fingerprint density at radius 1 is 1.35 bits per heavy atom. The molecule has 0 aliphatic carbocycles. The summed E-state index contributed by atoms with van der Waals surface area (Å²) in [6.07, 6.45) is -2.40. The fourth-order valence-corrected chi connectivity index (χ4v) is 1.39. The third-order valence-electron chi connectivity index (χ3n) is 2.08. The van der Waals surface area contributed by atoms with Gasteiger partial charge in [0.1, 0.15) is 0 Å². The predicted molar refractivity (Wildman–Crippen MR) is 65.1 cm³/mol. The van der Waals surface area contributed by atoms with Crippen LogP contribution in [0.15, 0.2) is 12.7 Å². The van der Waals surface area contributed by atoms with E-state index in [9.17, 15) is 30.4 Å². The minimum Gasteiger partial charge on any atom is -0.327 e. The van der Waals surface area contributed by atoms with Gasteiger partial charge in [0.05, 0.1) is 0 Å². The fourth-order valence-electron chi connectivity index (χ4n) is 0.919. The van der Waals surface area contributed by atoms with Gasteiger partial charge >= 0.3 is 21.3 Å². The molecular formula is C10H18F5NO3S. The number of nitrogens with two attached hydrogens (primary N) is 1. The number of alkyl halides is 5. The van der Waals surface area contributed by atoms with E-state index < -0.39 is 33.9 Å². The molecule has 3 N–H and O–H groups in total. The highest BCUT2D eigenvalue weighted by Crippen LogP contribution is 2.43. The molecular weight excluding hydrogens is 309 g/mol. The fraction of sp³-hybridized carbons (Fsp3) is 0.800. The minimum absolute atomic E-state index is 0.0989. The summed E-state index contributed by atoms with van der Waals surface area (Å²) in [6.45, 7) is 5.46. The van der Waals surface area contributed by atoms with Crippen molar-refractivity contribution in [1.82, 2.24) is 0 Å². The lowest BCUT2D eigenvalue weighted by molar-refractivity contribution is -0.198. The Bertz CT molecular complexity index is 386. The molecule has 0 amide bonds. The maximum absolute atomic E-state index is 12.8. The van der Waals surface area contributed by atoms with Gasteiger partial charge in [0, 0.05) is 6.54 Å². The Morgan fingerprint density at radius 2 is 1.75 bits per heavy atom. The molecule has 0 rings (SSSR count). The van der Waals surface area contributed by atoms with Gasteiger partial charge in [-0.1, -0.05) is 25.8 Å². The van der Waals surface area contributed by atoms with Gasteiger partial charge in [-0.05, 0) is 6.42 Å². The molecule has 0 saturated heterocycles. The van der Waals surface area contributed by atoms with E-state index in [0.717, 1.165) is 0 Å². The first-order chi connectivity index (χ1) is 8.90. The molecule has 1 unspecified atom stereocenters. The van der Waals surface area contributed by atoms with Gasteiger partial charge in [0.25, 0.3) is 0 Å². The second-order valence-electron chi connectivity index (χ2n) is 3.75. The SMILES string of the molecule is C=CCN.CCCCC(F)C(F)(F)C(F)(F)S(=O)(=O)O. The lowest BCUT2D eigenvalue weighted by Gasteiger charge is -2.26. The van der Waals surface area contributed by atoms with Gasteiger partial charge in [0.2, 0.25) is 0 Å². The van der Waals surface area contributed by atoms with Crippen LogP contribution in [-0.2, 0) is 10.1 Å². The van der Waals surface area contributed by atoms with E-state index in [0.29, 0.717) is 6.54 Å². The van der Waals surface area contributed by atoms with Crippen molar-refractivity contribution in [2.75, 3.05) is 6.54 Å². The Hall–Kier alpha value is -0.740. The third-order valence-corrected chi connectivity index (χ3v) is 3.00. The van der Waals surface area contributed by atoms with Gasteiger partial charge < -0.3 is 5.73 Å². The van der Waals surface area contributed by atoms with Crippen LogP contribution in [0.4, 0.5) is 22.0 Å². The van der Waals surface area contributed by atoms with E-state index in [-0.39, 0.29) is 12.8 Å². The summed E-state index contributed by atoms with van der Waals surface area (Å²) >= 11 is 0. The number of hydrogen-bond acceptors (Lipinski definition) is 3. The molecule has 20 heavy (non-hydrogen) atoms. The third kappa shape index (κ3) is 5.71. The van der Waals surface area contributed by atoms with Gasteiger partial charge in [-0.3, -0.25) is 4.55 Å². The normalized spacial score (nSPS) is 14.2. The van der Waals surface area contributed by atoms with E-state index in [1.54, 1.807) is 6.08 Å². The van der Waals surface area contributed by atoms with Crippen LogP contribution in [0.1, 0.15) is 26.2 Å². The lowest BCUT2D eigenvalue weighted by atomic mass is 10.1. The Kier molecular flexibility index (Phi) is 9.19. The molecule has 0 heterocycles. The van der Waals surface area contributed by atoms with Crippen LogP contribution >= 0.6 is 0 Å². The molecule has 10 heteroatoms. The molecule has 0 fully saturated rings. The van der Waals surface area contributed by atoms with Gasteiger partial charge in [-0.15, -0.1) is 6.58 Å². The number of rotatable bonds is 7. The monoisotopic (exact) mass is 327 g/mol. The number of unbranched alkanes of at least 4 members (excludes halogenated alkanes) is 1. The van der Waals surface area contributed by atoms with Crippen molar-refractivity contribution in [2.45, 2.75) is 43.5 Å². The molecule has 122 valence electrons. The maximum atomic E-state index is 12.8. The van der Waals surface area contributed by atoms with Crippen molar-refractivity contribution >= 4 is 10.1 Å². The first kappa shape index (κ1) is 21.6. The van der Waals surface area contributed by atoms with Crippen molar-refractivity contribution < 1.29 is 34.9 Å². The zero-order valence-corrected chi connectivity index (χ0v) is 11.6. The average molecular weight is 327 g/mol. The molecule has 0 bridgehead atoms. The second kappa shape index (κ2) is 8.53. The van der Waals surface area contributed by atoms with Crippen molar-refractivity contribution in [1.29, 1.82) is 0 Å². The Balaban J connectivity index is 0. The summed E-state index contributed by atoms with van der Waals surface area (Å²) in [5.74, 6) is -5.45. The number of halogens is 5. The Morgan fingerprint density at radius 3 is 2.00 bits per heavy atom. The lowest BCUT2D eigenvalue weighted by Crippen LogP contribution is -2.52. The highest BCUT2D eigenvalue weighted by Gasteiger charge is 2.69. The van der Waals surface area contributed by atoms with E-state index in [1.165, 1.54) is 6.92 Å². The van der Waals surface area contributed by atoms with Crippen LogP contribution < -0.4 is 5.73 Å². The summed E-state index contributed by atoms with van der Waals surface area (Å²) in [5, 5.41) is -5.83.